The van der Waals surface area contributed by atoms with Gasteiger partial charge in [-0.05, 0) is 70.6 Å². The fraction of sp³-hybridized carbons (Fsp3) is 0.842. The van der Waals surface area contributed by atoms with Crippen LogP contribution < -0.4 is 0 Å². The fourth-order valence-corrected chi connectivity index (χ4v) is 8.77. The van der Waals surface area contributed by atoms with Crippen LogP contribution in [0.3, 0.4) is 0 Å². The molecule has 2 aliphatic rings. The number of rotatable bonds is 45. The molecular weight excluding hydrogens is 909 g/mol. The molecule has 0 aromatic rings. The molecule has 0 bridgehead atoms. The Bertz CT molecular complexity index is 1360. The lowest BCUT2D eigenvalue weighted by Gasteiger charge is -2.42. The number of carbonyl (C=O) groups excluding carboxylic acids is 1. The number of aliphatic hydroxyl groups is 7. The number of allylic oxidation sites excluding steroid dienone is 8. The van der Waals surface area contributed by atoms with Crippen molar-refractivity contribution in [1.29, 1.82) is 0 Å². The number of hydrogen-bond donors (Lipinski definition) is 7. The summed E-state index contributed by atoms with van der Waals surface area (Å²) in [6, 6.07) is 0. The molecule has 0 aliphatic carbocycles. The quantitative estimate of drug-likeness (QED) is 0.0172. The van der Waals surface area contributed by atoms with E-state index in [1.807, 2.05) is 0 Å². The van der Waals surface area contributed by atoms with Gasteiger partial charge in [-0.1, -0.05) is 178 Å². The van der Waals surface area contributed by atoms with Crippen LogP contribution in [-0.4, -0.2) is 142 Å². The van der Waals surface area contributed by atoms with E-state index >= 15 is 0 Å². The topological polar surface area (TPSA) is 214 Å². The van der Waals surface area contributed by atoms with Crippen LogP contribution >= 0.6 is 0 Å². The number of carbonyl (C=O) groups is 1. The summed E-state index contributed by atoms with van der Waals surface area (Å²) < 4.78 is 34.3. The molecule has 2 saturated heterocycles. The highest BCUT2D eigenvalue weighted by molar-refractivity contribution is 5.69. The van der Waals surface area contributed by atoms with Crippen LogP contribution in [0.5, 0.6) is 0 Å². The summed E-state index contributed by atoms with van der Waals surface area (Å²) in [5.74, 6) is -0.385. The molecule has 0 aromatic heterocycles. The minimum absolute atomic E-state index is 0.0460. The maximum absolute atomic E-state index is 13.1. The Morgan fingerprint density at radius 3 is 1.45 bits per heavy atom. The molecule has 0 aromatic carbocycles. The van der Waals surface area contributed by atoms with Crippen LogP contribution in [0.1, 0.15) is 206 Å². The first-order chi connectivity index (χ1) is 34.6. The second-order valence-corrected chi connectivity index (χ2v) is 19.7. The Morgan fingerprint density at radius 2 is 0.915 bits per heavy atom. The highest BCUT2D eigenvalue weighted by atomic mass is 16.7. The minimum atomic E-state index is -1.71. The third kappa shape index (κ3) is 31.4. The maximum atomic E-state index is 13.1. The molecular formula is C57H102O14. The summed E-state index contributed by atoms with van der Waals surface area (Å²) in [6.45, 7) is 3.53. The molecule has 11 unspecified atom stereocenters. The van der Waals surface area contributed by atoms with Crippen LogP contribution in [0.4, 0.5) is 0 Å². The monoisotopic (exact) mass is 1010 g/mol. The fourth-order valence-electron chi connectivity index (χ4n) is 8.77. The molecule has 14 nitrogen and oxygen atoms in total. The van der Waals surface area contributed by atoms with Gasteiger partial charge in [0.25, 0.3) is 0 Å². The Balaban J connectivity index is 1.71. The Labute approximate surface area is 429 Å². The van der Waals surface area contributed by atoms with Crippen molar-refractivity contribution in [3.05, 3.63) is 48.6 Å². The van der Waals surface area contributed by atoms with Gasteiger partial charge >= 0.3 is 5.97 Å². The number of unbranched alkanes of at least 4 members (excludes halogenated alkanes) is 23. The molecule has 414 valence electrons. The standard InChI is InChI=1S/C57H102O14/c1-3-5-7-9-11-13-15-17-19-20-21-22-23-24-25-26-27-28-30-32-34-36-38-40-49(59)69-46(43-66-41-39-37-35-33-31-29-18-16-14-12-10-8-6-4-2)44-67-56-55(65)53(63)51(61)48(71-56)45-68-57-54(64)52(62)50(60)47(42-58)70-57/h6,8,12,14,18,20-21,29,46-48,50-58,60-65H,3-5,7,9-11,13,15-17,19,22-28,30-45H2,1-2H3/b8-6-,14-12-,21-20-,29-18-. The van der Waals surface area contributed by atoms with Crippen molar-refractivity contribution in [2.75, 3.05) is 33.0 Å². The van der Waals surface area contributed by atoms with E-state index < -0.39 is 80.7 Å². The predicted molar refractivity (Wildman–Crippen MR) is 279 cm³/mol. The molecule has 2 rings (SSSR count). The van der Waals surface area contributed by atoms with Gasteiger partial charge in [0.05, 0.1) is 26.4 Å². The van der Waals surface area contributed by atoms with Crippen LogP contribution in [0, 0.1) is 0 Å². The largest absolute Gasteiger partial charge is 0.457 e. The van der Waals surface area contributed by atoms with E-state index in [0.29, 0.717) is 13.0 Å². The molecule has 14 heteroatoms. The second kappa shape index (κ2) is 44.3. The van der Waals surface area contributed by atoms with E-state index in [9.17, 15) is 40.5 Å². The molecule has 2 fully saturated rings. The van der Waals surface area contributed by atoms with Gasteiger partial charge in [0, 0.05) is 13.0 Å². The Kier molecular flexibility index (Phi) is 40.6. The van der Waals surface area contributed by atoms with E-state index in [0.717, 1.165) is 70.6 Å². The average molecular weight is 1010 g/mol. The Morgan fingerprint density at radius 1 is 0.479 bits per heavy atom. The molecule has 0 saturated carbocycles. The molecule has 7 N–H and O–H groups in total. The number of esters is 1. The van der Waals surface area contributed by atoms with E-state index in [-0.39, 0.29) is 25.6 Å². The van der Waals surface area contributed by atoms with Crippen LogP contribution in [0.15, 0.2) is 48.6 Å². The first-order valence-corrected chi connectivity index (χ1v) is 28.2. The van der Waals surface area contributed by atoms with Gasteiger partial charge in [-0.3, -0.25) is 4.79 Å². The van der Waals surface area contributed by atoms with Crippen molar-refractivity contribution in [2.24, 2.45) is 0 Å². The Hall–Kier alpha value is -2.05. The summed E-state index contributed by atoms with van der Waals surface area (Å²) in [5.41, 5.74) is 0. The normalized spacial score (nSPS) is 25.6. The SMILES string of the molecule is CC/C=C\C/C=C\C/C=C\CCCCCCOCC(COC1OC(COC2OC(CO)C(O)C(O)C2O)C(O)C(O)C1O)OC(=O)CCCCCCCCCCCCC/C=C\CCCCCCCCCC. The van der Waals surface area contributed by atoms with Crippen molar-refractivity contribution < 1.29 is 69.0 Å². The first-order valence-electron chi connectivity index (χ1n) is 28.2. The molecule has 0 amide bonds. The molecule has 11 atom stereocenters. The van der Waals surface area contributed by atoms with Crippen molar-refractivity contribution in [1.82, 2.24) is 0 Å². The van der Waals surface area contributed by atoms with Gasteiger partial charge in [-0.25, -0.2) is 0 Å². The minimum Gasteiger partial charge on any atom is -0.457 e. The van der Waals surface area contributed by atoms with E-state index in [2.05, 4.69) is 62.5 Å². The van der Waals surface area contributed by atoms with E-state index in [4.69, 9.17) is 28.4 Å². The summed E-state index contributed by atoms with van der Waals surface area (Å²) in [6.07, 6.45) is 36.1. The number of hydrogen-bond acceptors (Lipinski definition) is 14. The molecule has 0 radical (unpaired) electrons. The predicted octanol–water partition coefficient (Wildman–Crippen LogP) is 9.52. The van der Waals surface area contributed by atoms with Gasteiger partial charge in [-0.2, -0.15) is 0 Å². The van der Waals surface area contributed by atoms with Crippen molar-refractivity contribution in [3.8, 4) is 0 Å². The first kappa shape index (κ1) is 65.1. The van der Waals surface area contributed by atoms with Gasteiger partial charge in [-0.15, -0.1) is 0 Å². The van der Waals surface area contributed by atoms with Crippen molar-refractivity contribution in [3.63, 3.8) is 0 Å². The lowest BCUT2D eigenvalue weighted by molar-refractivity contribution is -0.332. The van der Waals surface area contributed by atoms with Gasteiger partial charge in [0.1, 0.15) is 54.9 Å². The summed E-state index contributed by atoms with van der Waals surface area (Å²) in [4.78, 5) is 13.1. The van der Waals surface area contributed by atoms with E-state index in [1.54, 1.807) is 0 Å². The van der Waals surface area contributed by atoms with E-state index in [1.165, 1.54) is 109 Å². The maximum Gasteiger partial charge on any atom is 0.306 e. The molecule has 0 spiro atoms. The van der Waals surface area contributed by atoms with Crippen molar-refractivity contribution >= 4 is 5.97 Å². The average Bonchev–Trinajstić information content (AvgIpc) is 3.37. The molecule has 71 heavy (non-hydrogen) atoms. The highest BCUT2D eigenvalue weighted by Gasteiger charge is 2.47. The number of ether oxygens (including phenoxy) is 6. The zero-order valence-electron chi connectivity index (χ0n) is 44.2. The number of aliphatic hydroxyl groups excluding tert-OH is 7. The highest BCUT2D eigenvalue weighted by Crippen LogP contribution is 2.26. The third-order valence-electron chi connectivity index (χ3n) is 13.3. The zero-order valence-corrected chi connectivity index (χ0v) is 44.2. The van der Waals surface area contributed by atoms with Crippen LogP contribution in [0.25, 0.3) is 0 Å². The van der Waals surface area contributed by atoms with Crippen molar-refractivity contribution in [2.45, 2.75) is 274 Å². The van der Waals surface area contributed by atoms with Gasteiger partial charge in [0.15, 0.2) is 12.6 Å². The molecule has 2 aliphatic heterocycles. The smallest absolute Gasteiger partial charge is 0.306 e. The zero-order chi connectivity index (χ0) is 51.6. The van der Waals surface area contributed by atoms with Crippen LogP contribution in [0.2, 0.25) is 0 Å². The summed E-state index contributed by atoms with van der Waals surface area (Å²) in [5, 5.41) is 72.2. The van der Waals surface area contributed by atoms with Gasteiger partial charge < -0.3 is 64.2 Å². The van der Waals surface area contributed by atoms with Gasteiger partial charge in [0.2, 0.25) is 0 Å². The second-order valence-electron chi connectivity index (χ2n) is 19.7. The lowest BCUT2D eigenvalue weighted by Crippen LogP contribution is -2.61. The third-order valence-corrected chi connectivity index (χ3v) is 13.3. The molecule has 2 heterocycles. The lowest BCUT2D eigenvalue weighted by atomic mass is 9.98. The van der Waals surface area contributed by atoms with Crippen LogP contribution in [-0.2, 0) is 33.2 Å². The summed E-state index contributed by atoms with van der Waals surface area (Å²) in [7, 11) is 0. The summed E-state index contributed by atoms with van der Waals surface area (Å²) >= 11 is 0.